The Hall–Kier alpha value is -4.30. The summed E-state index contributed by atoms with van der Waals surface area (Å²) in [5, 5.41) is 15.8. The van der Waals surface area contributed by atoms with Crippen LogP contribution in [0.2, 0.25) is 0 Å². The fraction of sp³-hybridized carbons (Fsp3) is 0.250. The van der Waals surface area contributed by atoms with Crippen LogP contribution in [0.1, 0.15) is 55.2 Å². The molecule has 2 aliphatic rings. The van der Waals surface area contributed by atoms with E-state index in [2.05, 4.69) is 19.1 Å². The molecular weight excluding hydrogens is 458 g/mol. The summed E-state index contributed by atoms with van der Waals surface area (Å²) in [5.74, 6) is -0.945. The molecule has 5 rings (SSSR count). The van der Waals surface area contributed by atoms with Gasteiger partial charge in [-0.3, -0.25) is 9.59 Å². The maximum atomic E-state index is 14.8. The minimum absolute atomic E-state index is 0.0529. The number of amides is 1. The Morgan fingerprint density at radius 2 is 1.62 bits per heavy atom. The number of para-hydroxylation sites is 1. The summed E-state index contributed by atoms with van der Waals surface area (Å²) in [5.41, 5.74) is 3.35. The topological polar surface area (TPSA) is 73.5 Å². The van der Waals surface area contributed by atoms with Crippen LogP contribution < -0.4 is 5.01 Å². The highest BCUT2D eigenvalue weighted by Gasteiger charge is 2.63. The summed E-state index contributed by atoms with van der Waals surface area (Å²) in [6.07, 6.45) is 4.72. The van der Waals surface area contributed by atoms with Crippen LogP contribution in [0.3, 0.4) is 0 Å². The molecule has 0 bridgehead atoms. The van der Waals surface area contributed by atoms with Crippen LogP contribution in [0.4, 0.5) is 5.69 Å². The van der Waals surface area contributed by atoms with E-state index in [1.165, 1.54) is 5.01 Å². The highest BCUT2D eigenvalue weighted by atomic mass is 16.2. The van der Waals surface area contributed by atoms with E-state index in [1.807, 2.05) is 91.9 Å². The van der Waals surface area contributed by atoms with Crippen molar-refractivity contribution in [1.29, 1.82) is 5.26 Å². The highest BCUT2D eigenvalue weighted by Crippen LogP contribution is 2.61. The molecule has 0 N–H and O–H groups in total. The summed E-state index contributed by atoms with van der Waals surface area (Å²) in [6, 6.07) is 29.0. The molecule has 1 amide bonds. The van der Waals surface area contributed by atoms with Crippen molar-refractivity contribution in [2.24, 2.45) is 16.4 Å². The van der Waals surface area contributed by atoms with E-state index in [0.717, 1.165) is 30.3 Å². The van der Waals surface area contributed by atoms with Crippen molar-refractivity contribution in [3.8, 4) is 6.07 Å². The van der Waals surface area contributed by atoms with Crippen molar-refractivity contribution < 1.29 is 9.59 Å². The van der Waals surface area contributed by atoms with Gasteiger partial charge < -0.3 is 0 Å². The van der Waals surface area contributed by atoms with E-state index in [0.29, 0.717) is 22.5 Å². The molecular formula is C32H29N3O2. The van der Waals surface area contributed by atoms with Gasteiger partial charge in [-0.05, 0) is 60.2 Å². The number of rotatable bonds is 6. The number of anilines is 1. The minimum atomic E-state index is -1.10. The average molecular weight is 488 g/mol. The number of nitrogens with zero attached hydrogens (tertiary/aromatic N) is 3. The van der Waals surface area contributed by atoms with Gasteiger partial charge in [0.15, 0.2) is 0 Å². The number of hydrazone groups is 1. The number of hydrogen-bond donors (Lipinski definition) is 0. The molecule has 0 radical (unpaired) electrons. The van der Waals surface area contributed by atoms with Gasteiger partial charge in [-0.2, -0.15) is 15.4 Å². The van der Waals surface area contributed by atoms with Crippen LogP contribution in [0, 0.1) is 22.7 Å². The summed E-state index contributed by atoms with van der Waals surface area (Å²) >= 11 is 0. The molecule has 0 unspecified atom stereocenters. The summed E-state index contributed by atoms with van der Waals surface area (Å²) in [7, 11) is 0. The molecule has 5 nitrogen and oxygen atoms in total. The van der Waals surface area contributed by atoms with Gasteiger partial charge >= 0.3 is 0 Å². The summed E-state index contributed by atoms with van der Waals surface area (Å²) in [6.45, 7) is 4.04. The number of nitriles is 1. The molecule has 3 aromatic rings. The predicted molar refractivity (Wildman–Crippen MR) is 145 cm³/mol. The monoisotopic (exact) mass is 487 g/mol. The second-order valence-electron chi connectivity index (χ2n) is 9.80. The standard InChI is InChI=1S/C32H29N3O2/c1-3-10-26-19-27(21-36)30(24-11-6-4-7-12-24)32(29(26)25-17-15-23(20-33)16-18-25)22(2)34-35(31(32)37)28-13-8-5-9-14-28/h4-9,11-19,21,26,29-30H,3,10H2,1-2H3/t26-,29+,30+,32+/m0/s1. The largest absolute Gasteiger partial charge is 0.298 e. The summed E-state index contributed by atoms with van der Waals surface area (Å²) < 4.78 is 0. The normalized spacial score (nSPS) is 24.9. The van der Waals surface area contributed by atoms with Crippen molar-refractivity contribution in [3.63, 3.8) is 0 Å². The van der Waals surface area contributed by atoms with Crippen LogP contribution in [-0.4, -0.2) is 17.9 Å². The zero-order chi connectivity index (χ0) is 26.0. The maximum Gasteiger partial charge on any atom is 0.260 e. The molecule has 0 saturated carbocycles. The molecule has 0 saturated heterocycles. The first-order valence-corrected chi connectivity index (χ1v) is 12.7. The van der Waals surface area contributed by atoms with Gasteiger partial charge in [0.2, 0.25) is 0 Å². The lowest BCUT2D eigenvalue weighted by molar-refractivity contribution is -0.126. The molecule has 184 valence electrons. The van der Waals surface area contributed by atoms with E-state index >= 15 is 0 Å². The first-order chi connectivity index (χ1) is 18.1. The Balaban J connectivity index is 1.82. The van der Waals surface area contributed by atoms with Gasteiger partial charge in [-0.15, -0.1) is 0 Å². The Morgan fingerprint density at radius 1 is 0.973 bits per heavy atom. The van der Waals surface area contributed by atoms with E-state index in [-0.39, 0.29) is 17.7 Å². The van der Waals surface area contributed by atoms with Crippen molar-refractivity contribution in [3.05, 3.63) is 113 Å². The van der Waals surface area contributed by atoms with Crippen molar-refractivity contribution in [1.82, 2.24) is 0 Å². The van der Waals surface area contributed by atoms with Crippen molar-refractivity contribution in [2.45, 2.75) is 38.5 Å². The third-order valence-corrected chi connectivity index (χ3v) is 7.80. The Bertz CT molecular complexity index is 1400. The zero-order valence-corrected chi connectivity index (χ0v) is 21.0. The molecule has 1 spiro atoms. The number of carbonyl (C=O) groups excluding carboxylic acids is 2. The van der Waals surface area contributed by atoms with Gasteiger partial charge in [-0.25, -0.2) is 0 Å². The lowest BCUT2D eigenvalue weighted by atomic mass is 9.51. The lowest BCUT2D eigenvalue weighted by Gasteiger charge is -2.49. The predicted octanol–water partition coefficient (Wildman–Crippen LogP) is 6.39. The first-order valence-electron chi connectivity index (χ1n) is 12.7. The van der Waals surface area contributed by atoms with Crippen molar-refractivity contribution >= 4 is 23.6 Å². The van der Waals surface area contributed by atoms with Crippen LogP contribution in [0.25, 0.3) is 0 Å². The molecule has 0 aromatic heterocycles. The van der Waals surface area contributed by atoms with E-state index < -0.39 is 11.3 Å². The molecule has 3 aromatic carbocycles. The third-order valence-electron chi connectivity index (χ3n) is 7.80. The number of carbonyl (C=O) groups is 2. The van der Waals surface area contributed by atoms with Crippen LogP contribution >= 0.6 is 0 Å². The second kappa shape index (κ2) is 9.99. The van der Waals surface area contributed by atoms with Gasteiger partial charge in [0.1, 0.15) is 11.7 Å². The molecule has 1 aliphatic heterocycles. The van der Waals surface area contributed by atoms with Crippen molar-refractivity contribution in [2.75, 3.05) is 5.01 Å². The second-order valence-corrected chi connectivity index (χ2v) is 9.80. The van der Waals surface area contributed by atoms with Gasteiger partial charge in [0, 0.05) is 11.8 Å². The van der Waals surface area contributed by atoms with Crippen LogP contribution in [0.5, 0.6) is 0 Å². The van der Waals surface area contributed by atoms with E-state index in [9.17, 15) is 14.9 Å². The van der Waals surface area contributed by atoms with Gasteiger partial charge in [0.05, 0.1) is 23.0 Å². The smallest absolute Gasteiger partial charge is 0.260 e. The number of hydrogen-bond acceptors (Lipinski definition) is 4. The zero-order valence-electron chi connectivity index (χ0n) is 21.0. The molecule has 4 atom stereocenters. The highest BCUT2D eigenvalue weighted by molar-refractivity contribution is 6.21. The third kappa shape index (κ3) is 3.90. The number of aldehydes is 1. The van der Waals surface area contributed by atoms with Gasteiger partial charge in [0.25, 0.3) is 5.91 Å². The van der Waals surface area contributed by atoms with E-state index in [4.69, 9.17) is 5.10 Å². The van der Waals surface area contributed by atoms with Crippen LogP contribution in [-0.2, 0) is 9.59 Å². The number of allylic oxidation sites excluding steroid dienone is 2. The Kier molecular flexibility index (Phi) is 6.58. The fourth-order valence-electron chi connectivity index (χ4n) is 6.33. The van der Waals surface area contributed by atoms with Crippen LogP contribution in [0.15, 0.2) is 102 Å². The molecule has 1 aliphatic carbocycles. The van der Waals surface area contributed by atoms with Gasteiger partial charge in [-0.1, -0.05) is 80.1 Å². The molecule has 0 fully saturated rings. The SMILES string of the molecule is CCC[C@H]1C=C(C=O)[C@@H](c2ccccc2)[C@]2(C(=O)N(c3ccccc3)N=C2C)[C@@H]1c1ccc(C#N)cc1. The molecule has 1 heterocycles. The maximum absolute atomic E-state index is 14.8. The fourth-order valence-corrected chi connectivity index (χ4v) is 6.33. The quantitative estimate of drug-likeness (QED) is 0.378. The molecule has 5 heteroatoms. The minimum Gasteiger partial charge on any atom is -0.298 e. The lowest BCUT2D eigenvalue weighted by Crippen LogP contribution is -2.53. The van der Waals surface area contributed by atoms with E-state index in [1.54, 1.807) is 0 Å². The summed E-state index contributed by atoms with van der Waals surface area (Å²) in [4.78, 5) is 27.5. The Morgan fingerprint density at radius 3 is 2.22 bits per heavy atom. The first kappa shape index (κ1) is 24.4. The molecule has 37 heavy (non-hydrogen) atoms. The number of benzene rings is 3. The Labute approximate surface area is 217 Å². The average Bonchev–Trinajstić information content (AvgIpc) is 3.20.